The van der Waals surface area contributed by atoms with E-state index in [4.69, 9.17) is 0 Å². The van der Waals surface area contributed by atoms with Gasteiger partial charge in [0.05, 0.1) is 0 Å². The van der Waals surface area contributed by atoms with Crippen LogP contribution in [0.5, 0.6) is 0 Å². The minimum absolute atomic E-state index is 0.136. The number of nitrogens with one attached hydrogen (secondary N) is 1. The molecule has 0 aromatic carbocycles. The molecule has 2 amide bonds. The van der Waals surface area contributed by atoms with Gasteiger partial charge in [-0.25, -0.2) is 9.59 Å². The molecule has 0 radical (unpaired) electrons. The molecule has 0 aromatic rings. The highest BCUT2D eigenvalue weighted by atomic mass is 16.4. The van der Waals surface area contributed by atoms with E-state index in [2.05, 4.69) is 5.32 Å². The van der Waals surface area contributed by atoms with Gasteiger partial charge in [0, 0.05) is 12.6 Å². The monoisotopic (exact) mass is 240 g/mol. The van der Waals surface area contributed by atoms with E-state index in [1.54, 1.807) is 4.90 Å². The Morgan fingerprint density at radius 1 is 1.35 bits per heavy atom. The highest BCUT2D eigenvalue weighted by molar-refractivity contribution is 5.83. The third kappa shape index (κ3) is 2.23. The number of carboxylic acids is 1. The van der Waals surface area contributed by atoms with Gasteiger partial charge in [-0.3, -0.25) is 0 Å². The molecule has 2 rings (SSSR count). The van der Waals surface area contributed by atoms with Crippen LogP contribution in [0.4, 0.5) is 4.79 Å². The molecule has 96 valence electrons. The lowest BCUT2D eigenvalue weighted by atomic mass is 9.85. The van der Waals surface area contributed by atoms with Crippen LogP contribution in [0.3, 0.4) is 0 Å². The highest BCUT2D eigenvalue weighted by Gasteiger charge is 2.47. The molecular weight excluding hydrogens is 220 g/mol. The average Bonchev–Trinajstić information content (AvgIpc) is 2.68. The summed E-state index contributed by atoms with van der Waals surface area (Å²) >= 11 is 0. The Hall–Kier alpha value is -1.26. The largest absolute Gasteiger partial charge is 0.480 e. The number of hydrogen-bond acceptors (Lipinski definition) is 2. The van der Waals surface area contributed by atoms with Crippen molar-refractivity contribution >= 4 is 12.0 Å². The topological polar surface area (TPSA) is 69.6 Å². The van der Waals surface area contributed by atoms with Gasteiger partial charge in [-0.05, 0) is 32.1 Å². The molecular formula is C12H20N2O3. The third-order valence-corrected chi connectivity index (χ3v) is 3.94. The Balaban J connectivity index is 2.17. The second kappa shape index (κ2) is 4.94. The third-order valence-electron chi connectivity index (χ3n) is 3.94. The van der Waals surface area contributed by atoms with Crippen LogP contribution < -0.4 is 5.32 Å². The number of fused-ring (bicyclic) bond motifs is 1. The predicted octanol–water partition coefficient (Wildman–Crippen LogP) is 1.43. The van der Waals surface area contributed by atoms with E-state index in [-0.39, 0.29) is 12.1 Å². The Morgan fingerprint density at radius 2 is 2.06 bits per heavy atom. The Morgan fingerprint density at radius 3 is 2.71 bits per heavy atom. The quantitative estimate of drug-likeness (QED) is 0.767. The Bertz CT molecular complexity index is 319. The average molecular weight is 240 g/mol. The summed E-state index contributed by atoms with van der Waals surface area (Å²) < 4.78 is 0. The van der Waals surface area contributed by atoms with Crippen LogP contribution in [0.25, 0.3) is 0 Å². The van der Waals surface area contributed by atoms with E-state index in [9.17, 15) is 14.7 Å². The van der Waals surface area contributed by atoms with Gasteiger partial charge >= 0.3 is 12.0 Å². The van der Waals surface area contributed by atoms with Crippen molar-refractivity contribution in [3.05, 3.63) is 0 Å². The molecule has 1 heterocycles. The number of aliphatic carboxylic acids is 1. The van der Waals surface area contributed by atoms with Gasteiger partial charge in [0.1, 0.15) is 6.04 Å². The lowest BCUT2D eigenvalue weighted by Gasteiger charge is -2.32. The van der Waals surface area contributed by atoms with Gasteiger partial charge in [0.25, 0.3) is 0 Å². The Kier molecular flexibility index (Phi) is 3.54. The number of nitrogens with zero attached hydrogens (tertiary/aromatic N) is 1. The van der Waals surface area contributed by atoms with E-state index in [1.165, 1.54) is 0 Å². The molecule has 5 nitrogen and oxygen atoms in total. The van der Waals surface area contributed by atoms with Crippen LogP contribution >= 0.6 is 0 Å². The van der Waals surface area contributed by atoms with Gasteiger partial charge in [-0.2, -0.15) is 0 Å². The molecule has 2 N–H and O–H groups in total. The fourth-order valence-corrected chi connectivity index (χ4v) is 3.22. The summed E-state index contributed by atoms with van der Waals surface area (Å²) in [6.07, 6.45) is 4.90. The first kappa shape index (κ1) is 12.2. The van der Waals surface area contributed by atoms with Crippen LogP contribution in [-0.2, 0) is 4.79 Å². The van der Waals surface area contributed by atoms with E-state index in [0.29, 0.717) is 18.9 Å². The summed E-state index contributed by atoms with van der Waals surface area (Å²) in [5.74, 6) is -0.488. The maximum Gasteiger partial charge on any atom is 0.326 e. The van der Waals surface area contributed by atoms with Gasteiger partial charge in [0.2, 0.25) is 0 Å². The fourth-order valence-electron chi connectivity index (χ4n) is 3.22. The van der Waals surface area contributed by atoms with Crippen LogP contribution in [0.15, 0.2) is 0 Å². The fraction of sp³-hybridized carbons (Fsp3) is 0.833. The normalized spacial score (nSPS) is 32.1. The van der Waals surface area contributed by atoms with E-state index < -0.39 is 12.0 Å². The number of carbonyl (C=O) groups excluding carboxylic acids is 1. The van der Waals surface area contributed by atoms with Crippen molar-refractivity contribution in [1.29, 1.82) is 0 Å². The molecule has 2 aliphatic rings. The molecule has 1 aliphatic carbocycles. The lowest BCUT2D eigenvalue weighted by molar-refractivity contribution is -0.141. The second-order valence-electron chi connectivity index (χ2n) is 4.94. The van der Waals surface area contributed by atoms with Gasteiger partial charge in [-0.15, -0.1) is 0 Å². The summed E-state index contributed by atoms with van der Waals surface area (Å²) in [7, 11) is 0. The zero-order valence-electron chi connectivity index (χ0n) is 10.2. The van der Waals surface area contributed by atoms with Crippen LogP contribution in [-0.4, -0.2) is 40.6 Å². The SMILES string of the molecule is CCNC(=O)N1C(C(=O)O)CC2CCCCC21. The van der Waals surface area contributed by atoms with Crippen molar-refractivity contribution in [2.45, 2.75) is 51.1 Å². The second-order valence-corrected chi connectivity index (χ2v) is 4.94. The summed E-state index contributed by atoms with van der Waals surface area (Å²) in [5.41, 5.74) is 0. The van der Waals surface area contributed by atoms with E-state index in [1.807, 2.05) is 6.92 Å². The molecule has 5 heteroatoms. The number of amides is 2. The molecule has 1 saturated heterocycles. The lowest BCUT2D eigenvalue weighted by Crippen LogP contribution is -2.50. The zero-order valence-corrected chi connectivity index (χ0v) is 10.2. The van der Waals surface area contributed by atoms with Crippen molar-refractivity contribution in [3.8, 4) is 0 Å². The number of carbonyl (C=O) groups is 2. The summed E-state index contributed by atoms with van der Waals surface area (Å²) in [6.45, 7) is 2.39. The van der Waals surface area contributed by atoms with E-state index in [0.717, 1.165) is 25.7 Å². The van der Waals surface area contributed by atoms with Crippen molar-refractivity contribution in [2.75, 3.05) is 6.54 Å². The molecule has 0 aromatic heterocycles. The van der Waals surface area contributed by atoms with Crippen molar-refractivity contribution in [3.63, 3.8) is 0 Å². The predicted molar refractivity (Wildman–Crippen MR) is 62.7 cm³/mol. The number of carboxylic acid groups (broad SMARTS) is 1. The minimum Gasteiger partial charge on any atom is -0.480 e. The number of urea groups is 1. The first-order chi connectivity index (χ1) is 8.15. The molecule has 1 saturated carbocycles. The van der Waals surface area contributed by atoms with E-state index >= 15 is 0 Å². The van der Waals surface area contributed by atoms with Crippen LogP contribution in [0, 0.1) is 5.92 Å². The standard InChI is InChI=1S/C12H20N2O3/c1-2-13-12(17)14-9-6-4-3-5-8(9)7-10(14)11(15)16/h8-10H,2-7H2,1H3,(H,13,17)(H,15,16). The number of rotatable bonds is 2. The first-order valence-electron chi connectivity index (χ1n) is 6.44. The molecule has 0 spiro atoms. The van der Waals surface area contributed by atoms with Crippen molar-refractivity contribution < 1.29 is 14.7 Å². The number of hydrogen-bond donors (Lipinski definition) is 2. The molecule has 2 fully saturated rings. The van der Waals surface area contributed by atoms with Gasteiger partial charge in [0.15, 0.2) is 0 Å². The number of likely N-dealkylation sites (tertiary alicyclic amines) is 1. The molecule has 3 atom stereocenters. The summed E-state index contributed by atoms with van der Waals surface area (Å²) in [6, 6.07) is -0.708. The van der Waals surface area contributed by atoms with Crippen LogP contribution in [0.2, 0.25) is 0 Å². The summed E-state index contributed by atoms with van der Waals surface area (Å²) in [5, 5.41) is 12.0. The minimum atomic E-state index is -0.870. The molecule has 17 heavy (non-hydrogen) atoms. The maximum atomic E-state index is 12.0. The highest BCUT2D eigenvalue weighted by Crippen LogP contribution is 2.39. The van der Waals surface area contributed by atoms with Gasteiger partial charge < -0.3 is 15.3 Å². The summed E-state index contributed by atoms with van der Waals surface area (Å²) in [4.78, 5) is 24.8. The van der Waals surface area contributed by atoms with Crippen molar-refractivity contribution in [1.82, 2.24) is 10.2 Å². The van der Waals surface area contributed by atoms with Crippen LogP contribution in [0.1, 0.15) is 39.0 Å². The zero-order chi connectivity index (χ0) is 12.4. The molecule has 1 aliphatic heterocycles. The van der Waals surface area contributed by atoms with Crippen molar-refractivity contribution in [2.24, 2.45) is 5.92 Å². The first-order valence-corrected chi connectivity index (χ1v) is 6.44. The molecule has 3 unspecified atom stereocenters. The molecule has 0 bridgehead atoms. The maximum absolute atomic E-state index is 12.0. The Labute approximate surface area is 101 Å². The smallest absolute Gasteiger partial charge is 0.326 e. The van der Waals surface area contributed by atoms with Gasteiger partial charge in [-0.1, -0.05) is 12.8 Å².